The Morgan fingerprint density at radius 1 is 1.15 bits per heavy atom. The maximum Gasteiger partial charge on any atom is 0.282 e. The summed E-state index contributed by atoms with van der Waals surface area (Å²) in [4.78, 5) is 26.2. The number of nitro benzene ring substituents is 1. The van der Waals surface area contributed by atoms with Gasteiger partial charge in [-0.25, -0.2) is 0 Å². The summed E-state index contributed by atoms with van der Waals surface area (Å²) < 4.78 is 7.61. The van der Waals surface area contributed by atoms with Gasteiger partial charge in [0.25, 0.3) is 11.6 Å². The van der Waals surface area contributed by atoms with Gasteiger partial charge in [-0.1, -0.05) is 42.5 Å². The molecule has 1 saturated heterocycles. The van der Waals surface area contributed by atoms with Gasteiger partial charge in [0, 0.05) is 25.0 Å². The minimum Gasteiger partial charge on any atom is -0.363 e. The third-order valence-corrected chi connectivity index (χ3v) is 6.51. The Labute approximate surface area is 189 Å². The van der Waals surface area contributed by atoms with Crippen molar-refractivity contribution in [3.05, 3.63) is 93.7 Å². The molecule has 1 fully saturated rings. The van der Waals surface area contributed by atoms with Gasteiger partial charge in [-0.2, -0.15) is 5.10 Å². The van der Waals surface area contributed by atoms with Crippen LogP contribution in [0, 0.1) is 10.1 Å². The van der Waals surface area contributed by atoms with Crippen molar-refractivity contribution in [2.45, 2.75) is 18.8 Å². The molecular formula is C25H20N4O4. The monoisotopic (exact) mass is 440 g/mol. The first-order chi connectivity index (χ1) is 16.0. The topological polar surface area (TPSA) is 93.8 Å². The summed E-state index contributed by atoms with van der Waals surface area (Å²) in [6.45, 7) is 0.709. The molecule has 4 aromatic rings. The molecule has 0 N–H and O–H groups in total. The minimum atomic E-state index is -0.477. The molecule has 0 aliphatic carbocycles. The van der Waals surface area contributed by atoms with Crippen LogP contribution in [0.25, 0.3) is 22.0 Å². The van der Waals surface area contributed by atoms with Gasteiger partial charge in [-0.3, -0.25) is 19.6 Å². The van der Waals surface area contributed by atoms with Crippen LogP contribution in [-0.4, -0.2) is 38.2 Å². The van der Waals surface area contributed by atoms with E-state index in [2.05, 4.69) is 5.10 Å². The zero-order chi connectivity index (χ0) is 22.7. The van der Waals surface area contributed by atoms with Crippen molar-refractivity contribution in [1.82, 2.24) is 14.7 Å². The molecule has 2 unspecified atom stereocenters. The summed E-state index contributed by atoms with van der Waals surface area (Å²) in [7, 11) is 1.87. The maximum absolute atomic E-state index is 13.3. The highest BCUT2D eigenvalue weighted by atomic mass is 16.6. The predicted octanol–water partition coefficient (Wildman–Crippen LogP) is 4.24. The van der Waals surface area contributed by atoms with Crippen LogP contribution in [0.15, 0.2) is 66.9 Å². The lowest BCUT2D eigenvalue weighted by Gasteiger charge is -2.14. The number of benzene rings is 3. The van der Waals surface area contributed by atoms with Crippen molar-refractivity contribution in [1.29, 1.82) is 0 Å². The normalized spacial score (nSPS) is 19.2. The molecule has 8 heteroatoms. The zero-order valence-electron chi connectivity index (χ0n) is 17.8. The van der Waals surface area contributed by atoms with Crippen LogP contribution in [0.5, 0.6) is 0 Å². The summed E-state index contributed by atoms with van der Waals surface area (Å²) in [5, 5.41) is 17.0. The van der Waals surface area contributed by atoms with Crippen molar-refractivity contribution in [2.75, 3.05) is 6.54 Å². The first-order valence-electron chi connectivity index (χ1n) is 10.7. The molecule has 0 saturated carbocycles. The Morgan fingerprint density at radius 2 is 1.97 bits per heavy atom. The molecule has 1 aromatic heterocycles. The van der Waals surface area contributed by atoms with E-state index >= 15 is 0 Å². The second-order valence-electron chi connectivity index (χ2n) is 8.48. The molecule has 8 nitrogen and oxygen atoms in total. The highest BCUT2D eigenvalue weighted by Gasteiger charge is 2.45. The molecule has 6 rings (SSSR count). The second-order valence-corrected chi connectivity index (χ2v) is 8.48. The van der Waals surface area contributed by atoms with E-state index in [9.17, 15) is 14.9 Å². The molecule has 3 aromatic carbocycles. The van der Waals surface area contributed by atoms with E-state index in [1.165, 1.54) is 6.07 Å². The molecular weight excluding hydrogens is 420 g/mol. The average Bonchev–Trinajstić information content (AvgIpc) is 3.40. The Morgan fingerprint density at radius 3 is 2.76 bits per heavy atom. The van der Waals surface area contributed by atoms with Gasteiger partial charge in [-0.05, 0) is 34.4 Å². The summed E-state index contributed by atoms with van der Waals surface area (Å²) >= 11 is 0. The standard InChI is InChI=1S/C25H20N4O4/c1-27-21-11-16(7-8-17(21)12-26-27)18-9-10-20(29(31)32)23-19(18)13-28(25(23)30)14-22-24(33-22)15-5-3-2-4-6-15/h2-12,22,24H,13-14H2,1H3. The Kier molecular flexibility index (Phi) is 4.31. The number of carbonyl (C=O) groups excluding carboxylic acids is 1. The van der Waals surface area contributed by atoms with E-state index in [4.69, 9.17) is 4.74 Å². The first kappa shape index (κ1) is 19.6. The van der Waals surface area contributed by atoms with E-state index in [-0.39, 0.29) is 29.4 Å². The van der Waals surface area contributed by atoms with E-state index in [1.54, 1.807) is 21.8 Å². The Bertz CT molecular complexity index is 1430. The zero-order valence-corrected chi connectivity index (χ0v) is 17.8. The van der Waals surface area contributed by atoms with Gasteiger partial charge in [0.15, 0.2) is 0 Å². The SMILES string of the molecule is Cn1ncc2ccc(-c3ccc([N+](=O)[O-])c4c3CN(CC3OC3c3ccccc3)C4=O)cc21. The summed E-state index contributed by atoms with van der Waals surface area (Å²) in [6.07, 6.45) is 1.63. The summed E-state index contributed by atoms with van der Waals surface area (Å²) in [5.74, 6) is -0.317. The predicted molar refractivity (Wildman–Crippen MR) is 122 cm³/mol. The van der Waals surface area contributed by atoms with Crippen LogP contribution in [0.2, 0.25) is 0 Å². The van der Waals surface area contributed by atoms with Gasteiger partial charge < -0.3 is 9.64 Å². The number of aryl methyl sites for hydroxylation is 1. The molecule has 0 bridgehead atoms. The van der Waals surface area contributed by atoms with Gasteiger partial charge in [0.2, 0.25) is 0 Å². The van der Waals surface area contributed by atoms with E-state index in [0.717, 1.165) is 27.6 Å². The number of hydrogen-bond donors (Lipinski definition) is 0. The van der Waals surface area contributed by atoms with Crippen LogP contribution >= 0.6 is 0 Å². The third-order valence-electron chi connectivity index (χ3n) is 6.51. The van der Waals surface area contributed by atoms with Gasteiger partial charge in [-0.15, -0.1) is 0 Å². The van der Waals surface area contributed by atoms with E-state index in [1.807, 2.05) is 55.6 Å². The number of amides is 1. The van der Waals surface area contributed by atoms with Crippen LogP contribution < -0.4 is 0 Å². The van der Waals surface area contributed by atoms with Crippen LogP contribution in [0.3, 0.4) is 0 Å². The number of nitro groups is 1. The van der Waals surface area contributed by atoms with Gasteiger partial charge >= 0.3 is 0 Å². The van der Waals surface area contributed by atoms with Crippen molar-refractivity contribution >= 4 is 22.5 Å². The number of epoxide rings is 1. The van der Waals surface area contributed by atoms with Crippen molar-refractivity contribution in [2.24, 2.45) is 7.05 Å². The highest BCUT2D eigenvalue weighted by Crippen LogP contribution is 2.43. The number of aromatic nitrogens is 2. The van der Waals surface area contributed by atoms with Crippen molar-refractivity contribution in [3.8, 4) is 11.1 Å². The number of rotatable bonds is 5. The van der Waals surface area contributed by atoms with Crippen LogP contribution in [0.4, 0.5) is 5.69 Å². The first-order valence-corrected chi connectivity index (χ1v) is 10.7. The lowest BCUT2D eigenvalue weighted by atomic mass is 9.95. The number of ether oxygens (including phenoxy) is 1. The molecule has 3 heterocycles. The lowest BCUT2D eigenvalue weighted by Crippen LogP contribution is -2.28. The van der Waals surface area contributed by atoms with E-state index < -0.39 is 4.92 Å². The number of hydrogen-bond acceptors (Lipinski definition) is 5. The Hall–Kier alpha value is -4.04. The van der Waals surface area contributed by atoms with Crippen molar-refractivity contribution in [3.63, 3.8) is 0 Å². The third kappa shape index (κ3) is 3.18. The minimum absolute atomic E-state index is 0.0515. The molecule has 2 aliphatic heterocycles. The molecule has 2 atom stereocenters. The smallest absolute Gasteiger partial charge is 0.282 e. The second kappa shape index (κ2) is 7.25. The van der Waals surface area contributed by atoms with E-state index in [0.29, 0.717) is 18.7 Å². The molecule has 2 aliphatic rings. The number of nitrogens with zero attached hydrogens (tertiary/aromatic N) is 4. The average molecular weight is 440 g/mol. The molecule has 0 spiro atoms. The fourth-order valence-corrected chi connectivity index (χ4v) is 4.78. The lowest BCUT2D eigenvalue weighted by molar-refractivity contribution is -0.385. The van der Waals surface area contributed by atoms with Crippen LogP contribution in [0.1, 0.15) is 27.6 Å². The summed E-state index contributed by atoms with van der Waals surface area (Å²) in [5.41, 5.74) is 4.47. The molecule has 33 heavy (non-hydrogen) atoms. The quantitative estimate of drug-likeness (QED) is 0.263. The Balaban J connectivity index is 1.35. The van der Waals surface area contributed by atoms with Gasteiger partial charge in [0.1, 0.15) is 17.8 Å². The maximum atomic E-state index is 13.3. The van der Waals surface area contributed by atoms with Crippen LogP contribution in [-0.2, 0) is 18.3 Å². The fraction of sp³-hybridized carbons (Fsp3) is 0.200. The number of carbonyl (C=O) groups is 1. The largest absolute Gasteiger partial charge is 0.363 e. The molecule has 1 amide bonds. The number of fused-ring (bicyclic) bond motifs is 2. The molecule has 164 valence electrons. The summed E-state index contributed by atoms with van der Waals surface area (Å²) in [6, 6.07) is 19.0. The van der Waals surface area contributed by atoms with Crippen molar-refractivity contribution < 1.29 is 14.5 Å². The van der Waals surface area contributed by atoms with Gasteiger partial charge in [0.05, 0.1) is 23.2 Å². The highest BCUT2D eigenvalue weighted by molar-refractivity contribution is 6.04. The fourth-order valence-electron chi connectivity index (χ4n) is 4.78. The molecule has 0 radical (unpaired) electrons.